The first-order valence-corrected chi connectivity index (χ1v) is 7.07. The number of carbonyl (C=O) groups excluding carboxylic acids is 1. The molecule has 0 aliphatic heterocycles. The minimum absolute atomic E-state index is 0.0332. The molecule has 23 heavy (non-hydrogen) atoms. The van der Waals surface area contributed by atoms with Crippen molar-refractivity contribution in [1.29, 1.82) is 0 Å². The maximum atomic E-state index is 14.1. The van der Waals surface area contributed by atoms with Gasteiger partial charge in [0.15, 0.2) is 0 Å². The van der Waals surface area contributed by atoms with Crippen LogP contribution in [0.1, 0.15) is 16.1 Å². The highest BCUT2D eigenvalue weighted by Gasteiger charge is 2.25. The Kier molecular flexibility index (Phi) is 4.08. The molecule has 116 valence electrons. The Bertz CT molecular complexity index is 845. The molecule has 0 unspecified atom stereocenters. The van der Waals surface area contributed by atoms with Crippen LogP contribution in [0.15, 0.2) is 47.2 Å². The molecule has 3 rings (SSSR count). The molecule has 7 heteroatoms. The summed E-state index contributed by atoms with van der Waals surface area (Å²) in [6, 6.07) is 7.52. The number of halogens is 2. The van der Waals surface area contributed by atoms with Crippen molar-refractivity contribution in [2.24, 2.45) is 0 Å². The molecular formula is C16H11ClFN3O2. The van der Waals surface area contributed by atoms with Crippen molar-refractivity contribution in [1.82, 2.24) is 10.1 Å². The first-order chi connectivity index (χ1) is 11.1. The number of pyridine rings is 1. The number of rotatable bonds is 3. The van der Waals surface area contributed by atoms with Crippen molar-refractivity contribution in [2.45, 2.75) is 6.92 Å². The largest absolute Gasteiger partial charge is 0.360 e. The van der Waals surface area contributed by atoms with Crippen LogP contribution in [-0.2, 0) is 0 Å². The maximum absolute atomic E-state index is 14.1. The molecule has 1 N–H and O–H groups in total. The van der Waals surface area contributed by atoms with Gasteiger partial charge in [0.05, 0.1) is 10.6 Å². The first-order valence-electron chi connectivity index (χ1n) is 6.70. The molecule has 2 aromatic heterocycles. The van der Waals surface area contributed by atoms with Gasteiger partial charge < -0.3 is 9.84 Å². The molecule has 0 spiro atoms. The van der Waals surface area contributed by atoms with Crippen LogP contribution >= 0.6 is 11.6 Å². The number of nitrogens with zero attached hydrogens (tertiary/aromatic N) is 2. The van der Waals surface area contributed by atoms with Crippen LogP contribution in [0.2, 0.25) is 5.02 Å². The smallest absolute Gasteiger partial charge is 0.261 e. The number of aromatic nitrogens is 2. The number of hydrogen-bond acceptors (Lipinski definition) is 4. The fraction of sp³-hybridized carbons (Fsp3) is 0.0625. The lowest BCUT2D eigenvalue weighted by Crippen LogP contribution is -2.13. The van der Waals surface area contributed by atoms with Crippen LogP contribution in [0.3, 0.4) is 0 Å². The quantitative estimate of drug-likeness (QED) is 0.785. The van der Waals surface area contributed by atoms with Crippen molar-refractivity contribution in [2.75, 3.05) is 5.32 Å². The highest BCUT2D eigenvalue weighted by Crippen LogP contribution is 2.33. The van der Waals surface area contributed by atoms with Gasteiger partial charge in [0, 0.05) is 18.1 Å². The summed E-state index contributed by atoms with van der Waals surface area (Å²) in [5.74, 6) is -0.779. The van der Waals surface area contributed by atoms with Gasteiger partial charge in [-0.1, -0.05) is 22.8 Å². The molecule has 0 bridgehead atoms. The number of benzene rings is 1. The minimum atomic E-state index is -0.580. The van der Waals surface area contributed by atoms with Gasteiger partial charge in [-0.15, -0.1) is 0 Å². The van der Waals surface area contributed by atoms with E-state index in [9.17, 15) is 9.18 Å². The van der Waals surface area contributed by atoms with Gasteiger partial charge in [-0.2, -0.15) is 0 Å². The van der Waals surface area contributed by atoms with Crippen molar-refractivity contribution in [3.8, 4) is 11.3 Å². The van der Waals surface area contributed by atoms with E-state index in [1.807, 2.05) is 0 Å². The standard InChI is InChI=1S/C16H11ClFN3O2/c1-9-13(16(22)20-10-5-7-19-8-6-10)15(21-23-9)14-11(17)3-2-4-12(14)18/h2-8H,1H3,(H,19,20,22). The molecule has 0 radical (unpaired) electrons. The first kappa shape index (κ1) is 15.2. The molecule has 5 nitrogen and oxygen atoms in total. The minimum Gasteiger partial charge on any atom is -0.360 e. The zero-order valence-corrected chi connectivity index (χ0v) is 12.8. The topological polar surface area (TPSA) is 68.0 Å². The Morgan fingerprint density at radius 2 is 2.00 bits per heavy atom. The summed E-state index contributed by atoms with van der Waals surface area (Å²) >= 11 is 6.05. The summed E-state index contributed by atoms with van der Waals surface area (Å²) in [6.07, 6.45) is 3.09. The van der Waals surface area contributed by atoms with Crippen LogP contribution in [0.25, 0.3) is 11.3 Å². The molecular weight excluding hydrogens is 321 g/mol. The normalized spacial score (nSPS) is 10.6. The Labute approximate surface area is 136 Å². The monoisotopic (exact) mass is 331 g/mol. The van der Waals surface area contributed by atoms with Crippen molar-refractivity contribution >= 4 is 23.2 Å². The van der Waals surface area contributed by atoms with E-state index in [-0.39, 0.29) is 27.6 Å². The lowest BCUT2D eigenvalue weighted by Gasteiger charge is -2.07. The Balaban J connectivity index is 2.04. The van der Waals surface area contributed by atoms with Crippen LogP contribution in [0, 0.1) is 12.7 Å². The average molecular weight is 332 g/mol. The van der Waals surface area contributed by atoms with Gasteiger partial charge in [0.25, 0.3) is 5.91 Å². The van der Waals surface area contributed by atoms with E-state index in [1.165, 1.54) is 18.2 Å². The third-order valence-electron chi connectivity index (χ3n) is 3.23. The van der Waals surface area contributed by atoms with Crippen LogP contribution < -0.4 is 5.32 Å². The Hall–Kier alpha value is -2.73. The molecule has 0 aliphatic carbocycles. The second kappa shape index (κ2) is 6.18. The average Bonchev–Trinajstić information content (AvgIpc) is 2.90. The van der Waals surface area contributed by atoms with E-state index in [2.05, 4.69) is 15.5 Å². The van der Waals surface area contributed by atoms with Gasteiger partial charge in [-0.05, 0) is 31.2 Å². The molecule has 0 atom stereocenters. The summed E-state index contributed by atoms with van der Waals surface area (Å²) in [4.78, 5) is 16.4. The van der Waals surface area contributed by atoms with Gasteiger partial charge in [-0.3, -0.25) is 9.78 Å². The predicted molar refractivity (Wildman–Crippen MR) is 83.8 cm³/mol. The van der Waals surface area contributed by atoms with E-state index >= 15 is 0 Å². The van der Waals surface area contributed by atoms with Crippen LogP contribution in [0.5, 0.6) is 0 Å². The molecule has 1 aromatic carbocycles. The highest BCUT2D eigenvalue weighted by molar-refractivity contribution is 6.33. The molecule has 0 saturated carbocycles. The van der Waals surface area contributed by atoms with Gasteiger partial charge in [0.2, 0.25) is 0 Å². The van der Waals surface area contributed by atoms with E-state index in [1.54, 1.807) is 31.5 Å². The fourth-order valence-electron chi connectivity index (χ4n) is 2.16. The van der Waals surface area contributed by atoms with Crippen molar-refractivity contribution < 1.29 is 13.7 Å². The summed E-state index contributed by atoms with van der Waals surface area (Å²) in [6.45, 7) is 1.58. The molecule has 0 saturated heterocycles. The van der Waals surface area contributed by atoms with Crippen molar-refractivity contribution in [3.63, 3.8) is 0 Å². The number of carbonyl (C=O) groups is 1. The third-order valence-corrected chi connectivity index (χ3v) is 3.54. The van der Waals surface area contributed by atoms with Gasteiger partial charge in [-0.25, -0.2) is 4.39 Å². The van der Waals surface area contributed by atoms with Crippen LogP contribution in [0.4, 0.5) is 10.1 Å². The lowest BCUT2D eigenvalue weighted by molar-refractivity contribution is 0.102. The molecule has 2 heterocycles. The summed E-state index contributed by atoms with van der Waals surface area (Å²) < 4.78 is 19.2. The van der Waals surface area contributed by atoms with E-state index in [0.29, 0.717) is 5.69 Å². The number of hydrogen-bond donors (Lipinski definition) is 1. The molecule has 1 amide bonds. The van der Waals surface area contributed by atoms with E-state index in [4.69, 9.17) is 16.1 Å². The van der Waals surface area contributed by atoms with Crippen molar-refractivity contribution in [3.05, 3.63) is 64.9 Å². The molecule has 0 fully saturated rings. The number of nitrogens with one attached hydrogen (secondary N) is 1. The number of amides is 1. The summed E-state index contributed by atoms with van der Waals surface area (Å²) in [5.41, 5.74) is 0.785. The predicted octanol–water partition coefficient (Wildman–Crippen LogP) is 4.09. The number of anilines is 1. The van der Waals surface area contributed by atoms with Gasteiger partial charge in [0.1, 0.15) is 22.8 Å². The highest BCUT2D eigenvalue weighted by atomic mass is 35.5. The zero-order chi connectivity index (χ0) is 16.4. The molecule has 3 aromatic rings. The second-order valence-corrected chi connectivity index (χ2v) is 5.16. The molecule has 0 aliphatic rings. The second-order valence-electron chi connectivity index (χ2n) is 4.75. The number of aryl methyl sites for hydroxylation is 1. The van der Waals surface area contributed by atoms with E-state index < -0.39 is 11.7 Å². The Morgan fingerprint density at radius 3 is 2.70 bits per heavy atom. The maximum Gasteiger partial charge on any atom is 0.261 e. The SMILES string of the molecule is Cc1onc(-c2c(F)cccc2Cl)c1C(=O)Nc1ccncc1. The van der Waals surface area contributed by atoms with Crippen LogP contribution in [-0.4, -0.2) is 16.0 Å². The van der Waals surface area contributed by atoms with E-state index in [0.717, 1.165) is 0 Å². The summed E-state index contributed by atoms with van der Waals surface area (Å²) in [7, 11) is 0. The zero-order valence-electron chi connectivity index (χ0n) is 12.0. The Morgan fingerprint density at radius 1 is 1.26 bits per heavy atom. The lowest BCUT2D eigenvalue weighted by atomic mass is 10.0. The fourth-order valence-corrected chi connectivity index (χ4v) is 2.42. The van der Waals surface area contributed by atoms with Gasteiger partial charge >= 0.3 is 0 Å². The third kappa shape index (κ3) is 2.93. The summed E-state index contributed by atoms with van der Waals surface area (Å²) in [5, 5.41) is 6.64.